The van der Waals surface area contributed by atoms with E-state index in [-0.39, 0.29) is 10.8 Å². The number of methoxy groups -OCH3 is 1. The zero-order valence-electron chi connectivity index (χ0n) is 19.8. The summed E-state index contributed by atoms with van der Waals surface area (Å²) in [7, 11) is -2.16. The van der Waals surface area contributed by atoms with Crippen LogP contribution in [0.3, 0.4) is 0 Å². The van der Waals surface area contributed by atoms with Gasteiger partial charge in [-0.2, -0.15) is 0 Å². The van der Waals surface area contributed by atoms with Crippen molar-refractivity contribution in [3.63, 3.8) is 0 Å². The molecule has 0 bridgehead atoms. The minimum atomic E-state index is -3.69. The number of amides is 1. The summed E-state index contributed by atoms with van der Waals surface area (Å²) in [6.45, 7) is 0. The first kappa shape index (κ1) is 24.8. The van der Waals surface area contributed by atoms with Gasteiger partial charge in [-0.15, -0.1) is 0 Å². The van der Waals surface area contributed by atoms with Crippen molar-refractivity contribution in [2.75, 3.05) is 22.9 Å². The number of nitrogens with one attached hydrogen (secondary N) is 2. The van der Waals surface area contributed by atoms with E-state index in [0.29, 0.717) is 28.4 Å². The highest BCUT2D eigenvalue weighted by atomic mass is 32.2. The number of rotatable bonds is 9. The van der Waals surface area contributed by atoms with Gasteiger partial charge in [0.25, 0.3) is 15.9 Å². The van der Waals surface area contributed by atoms with Gasteiger partial charge < -0.3 is 15.8 Å². The van der Waals surface area contributed by atoms with Crippen molar-refractivity contribution in [3.8, 4) is 5.75 Å². The van der Waals surface area contributed by atoms with E-state index in [9.17, 15) is 13.2 Å². The number of nitrogens with two attached hydrogens (primary N) is 1. The zero-order chi connectivity index (χ0) is 25.5. The Morgan fingerprint density at radius 3 is 1.97 bits per heavy atom. The second-order valence-electron chi connectivity index (χ2n) is 8.22. The van der Waals surface area contributed by atoms with Gasteiger partial charge in [0.2, 0.25) is 0 Å². The smallest absolute Gasteiger partial charge is 0.261 e. The molecule has 4 aromatic carbocycles. The molecule has 184 valence electrons. The monoisotopic (exact) mass is 501 g/mol. The maximum Gasteiger partial charge on any atom is 0.261 e. The highest BCUT2D eigenvalue weighted by Gasteiger charge is 2.14. The first-order chi connectivity index (χ1) is 17.3. The molecule has 0 unspecified atom stereocenters. The van der Waals surface area contributed by atoms with Crippen LogP contribution in [0, 0.1) is 0 Å². The minimum absolute atomic E-state index is 0.164. The molecular formula is C28H27N3O4S. The lowest BCUT2D eigenvalue weighted by Gasteiger charge is -2.10. The van der Waals surface area contributed by atoms with Crippen molar-refractivity contribution in [2.45, 2.75) is 17.7 Å². The molecule has 4 N–H and O–H groups in total. The molecule has 0 atom stereocenters. The zero-order valence-corrected chi connectivity index (χ0v) is 20.6. The molecule has 0 aromatic heterocycles. The molecular weight excluding hydrogens is 474 g/mol. The van der Waals surface area contributed by atoms with Gasteiger partial charge in [0.15, 0.2) is 0 Å². The van der Waals surface area contributed by atoms with Gasteiger partial charge in [0, 0.05) is 11.3 Å². The molecule has 0 spiro atoms. The van der Waals surface area contributed by atoms with E-state index in [1.54, 1.807) is 48.5 Å². The number of nitrogen functional groups attached to an aromatic ring is 1. The topological polar surface area (TPSA) is 111 Å². The van der Waals surface area contributed by atoms with Crippen LogP contribution in [0.4, 0.5) is 17.1 Å². The van der Waals surface area contributed by atoms with Gasteiger partial charge in [-0.25, -0.2) is 8.42 Å². The van der Waals surface area contributed by atoms with E-state index in [0.717, 1.165) is 24.0 Å². The van der Waals surface area contributed by atoms with Crippen LogP contribution in [0.15, 0.2) is 102 Å². The van der Waals surface area contributed by atoms with Crippen molar-refractivity contribution in [3.05, 3.63) is 114 Å². The van der Waals surface area contributed by atoms with Crippen molar-refractivity contribution >= 4 is 33.0 Å². The highest BCUT2D eigenvalue weighted by molar-refractivity contribution is 7.92. The van der Waals surface area contributed by atoms with E-state index in [4.69, 9.17) is 10.5 Å². The van der Waals surface area contributed by atoms with Crippen LogP contribution >= 0.6 is 0 Å². The lowest BCUT2D eigenvalue weighted by Crippen LogP contribution is -2.13. The Hall–Kier alpha value is -4.30. The Kier molecular flexibility index (Phi) is 7.56. The van der Waals surface area contributed by atoms with Crippen molar-refractivity contribution < 1.29 is 17.9 Å². The third-order valence-electron chi connectivity index (χ3n) is 5.70. The Morgan fingerprint density at radius 1 is 0.806 bits per heavy atom. The Labute approximate surface area is 211 Å². The summed E-state index contributed by atoms with van der Waals surface area (Å²) in [5.74, 6) is 0.376. The summed E-state index contributed by atoms with van der Waals surface area (Å²) in [5.41, 5.74) is 10.2. The highest BCUT2D eigenvalue weighted by Crippen LogP contribution is 2.21. The van der Waals surface area contributed by atoms with Crippen LogP contribution in [0.2, 0.25) is 0 Å². The summed E-state index contributed by atoms with van der Waals surface area (Å²) in [6, 6.07) is 28.1. The number of carbonyl (C=O) groups excluding carboxylic acids is 1. The Balaban J connectivity index is 1.32. The number of para-hydroxylation sites is 2. The van der Waals surface area contributed by atoms with Crippen molar-refractivity contribution in [1.29, 1.82) is 0 Å². The number of anilines is 3. The van der Waals surface area contributed by atoms with E-state index in [2.05, 4.69) is 10.0 Å². The molecule has 0 fully saturated rings. The molecule has 0 aliphatic heterocycles. The number of hydrogen-bond donors (Lipinski definition) is 3. The van der Waals surface area contributed by atoms with E-state index in [1.165, 1.54) is 19.2 Å². The maximum absolute atomic E-state index is 12.6. The van der Waals surface area contributed by atoms with Gasteiger partial charge in [-0.3, -0.25) is 9.52 Å². The average Bonchev–Trinajstić information content (AvgIpc) is 2.90. The van der Waals surface area contributed by atoms with Gasteiger partial charge >= 0.3 is 0 Å². The third kappa shape index (κ3) is 6.22. The van der Waals surface area contributed by atoms with Gasteiger partial charge in [0.1, 0.15) is 5.75 Å². The average molecular weight is 502 g/mol. The van der Waals surface area contributed by atoms with Crippen LogP contribution in [0.5, 0.6) is 5.75 Å². The molecule has 7 nitrogen and oxygen atoms in total. The fourth-order valence-electron chi connectivity index (χ4n) is 3.63. The van der Waals surface area contributed by atoms with E-state index < -0.39 is 10.0 Å². The predicted molar refractivity (Wildman–Crippen MR) is 143 cm³/mol. The summed E-state index contributed by atoms with van der Waals surface area (Å²) in [6.07, 6.45) is 1.56. The second kappa shape index (κ2) is 11.0. The molecule has 8 heteroatoms. The largest absolute Gasteiger partial charge is 0.497 e. The molecule has 0 heterocycles. The molecule has 0 aliphatic rings. The molecule has 0 radical (unpaired) electrons. The maximum atomic E-state index is 12.6. The fraction of sp³-hybridized carbons (Fsp3) is 0.107. The number of ether oxygens (including phenoxy) is 1. The lowest BCUT2D eigenvalue weighted by atomic mass is 10.0. The molecule has 4 rings (SSSR count). The normalized spacial score (nSPS) is 11.0. The van der Waals surface area contributed by atoms with Crippen LogP contribution in [-0.2, 0) is 22.9 Å². The van der Waals surface area contributed by atoms with E-state index in [1.807, 2.05) is 36.4 Å². The third-order valence-corrected chi connectivity index (χ3v) is 7.10. The molecule has 0 aliphatic carbocycles. The number of hydrogen-bond acceptors (Lipinski definition) is 5. The van der Waals surface area contributed by atoms with Crippen LogP contribution in [-0.4, -0.2) is 21.4 Å². The van der Waals surface area contributed by atoms with Gasteiger partial charge in [-0.05, 0) is 84.6 Å². The fourth-order valence-corrected chi connectivity index (χ4v) is 4.68. The molecule has 36 heavy (non-hydrogen) atoms. The number of aryl methyl sites for hydroxylation is 2. The summed E-state index contributed by atoms with van der Waals surface area (Å²) in [4.78, 5) is 12.6. The van der Waals surface area contributed by atoms with Gasteiger partial charge in [-0.1, -0.05) is 36.4 Å². The standard InChI is InChI=1S/C28H27N3O4S/c1-35-24-16-18-25(19-17-24)36(33,34)31-23-14-10-21(11-15-23)7-6-20-8-12-22(13-9-20)28(32)30-27-5-3-2-4-26(27)29/h2-5,8-19,31H,6-7,29H2,1H3,(H,30,32). The molecule has 1 amide bonds. The molecule has 0 saturated heterocycles. The number of sulfonamides is 1. The summed E-state index contributed by atoms with van der Waals surface area (Å²) in [5, 5.41) is 2.82. The Morgan fingerprint density at radius 2 is 1.39 bits per heavy atom. The predicted octanol–water partition coefficient (Wildman–Crippen LogP) is 5.12. The Bertz CT molecular complexity index is 1430. The summed E-state index contributed by atoms with van der Waals surface area (Å²) < 4.78 is 32.9. The van der Waals surface area contributed by atoms with Crippen LogP contribution in [0.1, 0.15) is 21.5 Å². The second-order valence-corrected chi connectivity index (χ2v) is 9.90. The first-order valence-corrected chi connectivity index (χ1v) is 12.8. The number of carbonyl (C=O) groups is 1. The quantitative estimate of drug-likeness (QED) is 0.276. The van der Waals surface area contributed by atoms with Gasteiger partial charge in [0.05, 0.1) is 23.4 Å². The number of benzene rings is 4. The minimum Gasteiger partial charge on any atom is -0.497 e. The summed E-state index contributed by atoms with van der Waals surface area (Å²) >= 11 is 0. The SMILES string of the molecule is COc1ccc(S(=O)(=O)Nc2ccc(CCc3ccc(C(=O)Nc4ccccc4N)cc3)cc2)cc1. The van der Waals surface area contributed by atoms with Crippen LogP contribution in [0.25, 0.3) is 0 Å². The van der Waals surface area contributed by atoms with Crippen molar-refractivity contribution in [2.24, 2.45) is 0 Å². The van der Waals surface area contributed by atoms with Crippen LogP contribution < -0.4 is 20.5 Å². The lowest BCUT2D eigenvalue weighted by molar-refractivity contribution is 0.102. The molecule has 0 saturated carbocycles. The molecule has 4 aromatic rings. The van der Waals surface area contributed by atoms with E-state index >= 15 is 0 Å². The van der Waals surface area contributed by atoms with Crippen molar-refractivity contribution in [1.82, 2.24) is 0 Å². The first-order valence-electron chi connectivity index (χ1n) is 11.3.